The molecule has 1 rings (SSSR count). The van der Waals surface area contributed by atoms with Gasteiger partial charge in [-0.25, -0.2) is 9.48 Å². The molecule has 0 aliphatic heterocycles. The molecule has 0 bridgehead atoms. The normalized spacial score (nSPS) is 12.7. The molecule has 0 spiro atoms. The molecule has 1 heterocycles. The lowest BCUT2D eigenvalue weighted by Crippen LogP contribution is -2.33. The highest BCUT2D eigenvalue weighted by atomic mass is 16.2. The predicted octanol–water partition coefficient (Wildman–Crippen LogP) is 1.07. The molecular formula is C10H17N3O2. The summed E-state index contributed by atoms with van der Waals surface area (Å²) < 4.78 is 1.33. The van der Waals surface area contributed by atoms with Crippen LogP contribution >= 0.6 is 0 Å². The van der Waals surface area contributed by atoms with E-state index in [0.717, 1.165) is 31.9 Å². The van der Waals surface area contributed by atoms with Gasteiger partial charge in [-0.1, -0.05) is 26.2 Å². The fraction of sp³-hybridized carbons (Fsp3) is 0.700. The maximum atomic E-state index is 11.4. The molecule has 15 heavy (non-hydrogen) atoms. The molecule has 1 aromatic rings. The average molecular weight is 211 g/mol. The van der Waals surface area contributed by atoms with Crippen LogP contribution in [0.15, 0.2) is 15.8 Å². The minimum Gasteiger partial charge on any atom is -0.271 e. The van der Waals surface area contributed by atoms with Crippen LogP contribution in [0.5, 0.6) is 0 Å². The lowest BCUT2D eigenvalue weighted by molar-refractivity contribution is 0.410. The van der Waals surface area contributed by atoms with Crippen LogP contribution in [-0.4, -0.2) is 14.8 Å². The minimum absolute atomic E-state index is 0.0425. The van der Waals surface area contributed by atoms with Crippen molar-refractivity contribution in [2.75, 3.05) is 0 Å². The Morgan fingerprint density at radius 1 is 1.47 bits per heavy atom. The van der Waals surface area contributed by atoms with Gasteiger partial charge in [-0.15, -0.1) is 0 Å². The summed E-state index contributed by atoms with van der Waals surface area (Å²) in [5.41, 5.74) is -0.872. The van der Waals surface area contributed by atoms with Gasteiger partial charge in [0, 0.05) is 0 Å². The molecule has 5 nitrogen and oxygen atoms in total. The number of rotatable bonds is 5. The molecule has 0 aromatic carbocycles. The third-order valence-electron chi connectivity index (χ3n) is 2.38. The SMILES string of the molecule is CCCCCC(C)n1ncc(=O)[nH]c1=O. The third kappa shape index (κ3) is 3.34. The second kappa shape index (κ2) is 5.48. The van der Waals surface area contributed by atoms with Gasteiger partial charge < -0.3 is 0 Å². The average Bonchev–Trinajstić information content (AvgIpc) is 2.17. The predicted molar refractivity (Wildman–Crippen MR) is 58.0 cm³/mol. The summed E-state index contributed by atoms with van der Waals surface area (Å²) in [5.74, 6) is 0. The van der Waals surface area contributed by atoms with Crippen molar-refractivity contribution in [1.29, 1.82) is 0 Å². The second-order valence-electron chi connectivity index (χ2n) is 3.73. The first kappa shape index (κ1) is 11.7. The molecular weight excluding hydrogens is 194 g/mol. The summed E-state index contributed by atoms with van der Waals surface area (Å²) in [6.07, 6.45) is 5.43. The van der Waals surface area contributed by atoms with Gasteiger partial charge in [0.05, 0.1) is 6.04 Å². The van der Waals surface area contributed by atoms with Gasteiger partial charge in [-0.2, -0.15) is 5.10 Å². The Labute approximate surface area is 88.1 Å². The molecule has 0 fully saturated rings. The van der Waals surface area contributed by atoms with E-state index in [4.69, 9.17) is 0 Å². The standard InChI is InChI=1S/C10H17N3O2/c1-3-4-5-6-8(2)13-10(15)12-9(14)7-11-13/h7-8H,3-6H2,1-2H3,(H,12,14,15). The van der Waals surface area contributed by atoms with Crippen LogP contribution in [0.4, 0.5) is 0 Å². The fourth-order valence-electron chi connectivity index (χ4n) is 1.49. The molecule has 1 aromatic heterocycles. The monoisotopic (exact) mass is 211 g/mol. The van der Waals surface area contributed by atoms with Crippen molar-refractivity contribution >= 4 is 0 Å². The summed E-state index contributed by atoms with van der Waals surface area (Å²) >= 11 is 0. The first-order chi connectivity index (χ1) is 7.15. The van der Waals surface area contributed by atoms with E-state index >= 15 is 0 Å². The lowest BCUT2D eigenvalue weighted by atomic mass is 10.1. The van der Waals surface area contributed by atoms with Crippen LogP contribution < -0.4 is 11.2 Å². The Kier molecular flexibility index (Phi) is 4.27. The largest absolute Gasteiger partial charge is 0.345 e. The molecule has 0 saturated carbocycles. The number of hydrogen-bond donors (Lipinski definition) is 1. The van der Waals surface area contributed by atoms with Crippen molar-refractivity contribution in [3.63, 3.8) is 0 Å². The molecule has 1 N–H and O–H groups in total. The second-order valence-corrected chi connectivity index (χ2v) is 3.73. The van der Waals surface area contributed by atoms with Crippen LogP contribution in [0.1, 0.15) is 45.6 Å². The van der Waals surface area contributed by atoms with Crippen LogP contribution in [0.2, 0.25) is 0 Å². The van der Waals surface area contributed by atoms with Crippen LogP contribution in [0.3, 0.4) is 0 Å². The lowest BCUT2D eigenvalue weighted by Gasteiger charge is -2.11. The van der Waals surface area contributed by atoms with E-state index < -0.39 is 11.2 Å². The van der Waals surface area contributed by atoms with E-state index in [1.165, 1.54) is 4.68 Å². The van der Waals surface area contributed by atoms with E-state index in [9.17, 15) is 9.59 Å². The van der Waals surface area contributed by atoms with E-state index in [2.05, 4.69) is 17.0 Å². The summed E-state index contributed by atoms with van der Waals surface area (Å²) in [5, 5.41) is 3.82. The Balaban J connectivity index is 2.69. The summed E-state index contributed by atoms with van der Waals surface area (Å²) in [7, 11) is 0. The quantitative estimate of drug-likeness (QED) is 0.741. The van der Waals surface area contributed by atoms with Crippen LogP contribution in [0, 0.1) is 0 Å². The number of aromatic amines is 1. The zero-order valence-electron chi connectivity index (χ0n) is 9.19. The van der Waals surface area contributed by atoms with Gasteiger partial charge in [0.2, 0.25) is 0 Å². The molecule has 0 saturated heterocycles. The molecule has 0 amide bonds. The van der Waals surface area contributed by atoms with Gasteiger partial charge >= 0.3 is 5.69 Å². The van der Waals surface area contributed by atoms with Gasteiger partial charge in [0.1, 0.15) is 6.20 Å². The first-order valence-electron chi connectivity index (χ1n) is 5.33. The number of aromatic nitrogens is 3. The zero-order chi connectivity index (χ0) is 11.3. The van der Waals surface area contributed by atoms with Crippen molar-refractivity contribution in [3.8, 4) is 0 Å². The topological polar surface area (TPSA) is 67.8 Å². The van der Waals surface area contributed by atoms with E-state index in [1.54, 1.807) is 0 Å². The minimum atomic E-state index is -0.447. The smallest absolute Gasteiger partial charge is 0.271 e. The maximum Gasteiger partial charge on any atom is 0.345 e. The first-order valence-corrected chi connectivity index (χ1v) is 5.33. The number of nitrogens with one attached hydrogen (secondary N) is 1. The van der Waals surface area contributed by atoms with Crippen LogP contribution in [0.25, 0.3) is 0 Å². The fourth-order valence-corrected chi connectivity index (χ4v) is 1.49. The summed E-state index contributed by atoms with van der Waals surface area (Å²) in [4.78, 5) is 24.4. The highest BCUT2D eigenvalue weighted by molar-refractivity contribution is 4.72. The Hall–Kier alpha value is -1.39. The number of H-pyrrole nitrogens is 1. The summed E-state index contributed by atoms with van der Waals surface area (Å²) in [6.45, 7) is 4.07. The molecule has 0 aliphatic carbocycles. The van der Waals surface area contributed by atoms with Crippen molar-refractivity contribution in [2.24, 2.45) is 0 Å². The Bertz CT molecular complexity index is 408. The Morgan fingerprint density at radius 3 is 2.80 bits per heavy atom. The third-order valence-corrected chi connectivity index (χ3v) is 2.38. The summed E-state index contributed by atoms with van der Waals surface area (Å²) in [6, 6.07) is 0.0425. The van der Waals surface area contributed by atoms with Crippen molar-refractivity contribution in [2.45, 2.75) is 45.6 Å². The zero-order valence-corrected chi connectivity index (χ0v) is 9.19. The molecule has 1 atom stereocenters. The van der Waals surface area contributed by atoms with Gasteiger partial charge in [-0.3, -0.25) is 9.78 Å². The Morgan fingerprint density at radius 2 is 2.20 bits per heavy atom. The number of unbranched alkanes of at least 4 members (excludes halogenated alkanes) is 2. The molecule has 0 aliphatic rings. The van der Waals surface area contributed by atoms with Gasteiger partial charge in [-0.05, 0) is 13.3 Å². The van der Waals surface area contributed by atoms with Gasteiger partial charge in [0.15, 0.2) is 0 Å². The van der Waals surface area contributed by atoms with Crippen molar-refractivity contribution in [3.05, 3.63) is 27.0 Å². The van der Waals surface area contributed by atoms with Gasteiger partial charge in [0.25, 0.3) is 5.56 Å². The highest BCUT2D eigenvalue weighted by Gasteiger charge is 2.07. The number of nitrogens with zero attached hydrogens (tertiary/aromatic N) is 2. The van der Waals surface area contributed by atoms with E-state index in [1.807, 2.05) is 6.92 Å². The molecule has 84 valence electrons. The maximum absolute atomic E-state index is 11.4. The molecule has 5 heteroatoms. The number of hydrogen-bond acceptors (Lipinski definition) is 3. The molecule has 0 radical (unpaired) electrons. The van der Waals surface area contributed by atoms with E-state index in [-0.39, 0.29) is 6.04 Å². The molecule has 1 unspecified atom stereocenters. The van der Waals surface area contributed by atoms with Crippen molar-refractivity contribution in [1.82, 2.24) is 14.8 Å². The van der Waals surface area contributed by atoms with Crippen LogP contribution in [-0.2, 0) is 0 Å². The van der Waals surface area contributed by atoms with Crippen molar-refractivity contribution < 1.29 is 0 Å². The highest BCUT2D eigenvalue weighted by Crippen LogP contribution is 2.11. The van der Waals surface area contributed by atoms with E-state index in [0.29, 0.717) is 0 Å².